The van der Waals surface area contributed by atoms with Crippen LogP contribution in [0.5, 0.6) is 0 Å². The first kappa shape index (κ1) is 33.3. The Bertz CT molecular complexity index is 311. The van der Waals surface area contributed by atoms with E-state index in [0.29, 0.717) is 20.2 Å². The Labute approximate surface area is 195 Å². The summed E-state index contributed by atoms with van der Waals surface area (Å²) in [6.07, 6.45) is 0. The molecule has 0 aromatic carbocycles. The first-order valence-corrected chi connectivity index (χ1v) is 8.78. The third-order valence-corrected chi connectivity index (χ3v) is 2.03. The molecule has 0 heterocycles. The molecular weight excluding hydrogens is 482 g/mol. The number of rotatable bonds is 6. The molecular formula is C12H24FeN3O3S6. The summed E-state index contributed by atoms with van der Waals surface area (Å²) in [4.78, 5) is 5.54. The zero-order chi connectivity index (χ0) is 19.7. The quantitative estimate of drug-likeness (QED) is 0.224. The van der Waals surface area contributed by atoms with E-state index in [1.54, 1.807) is 0 Å². The van der Waals surface area contributed by atoms with Gasteiger partial charge in [0.05, 0.1) is 0 Å². The number of nitrogens with zero attached hydrogens (tertiary/aromatic N) is 3. The number of hydrogen-bond acceptors (Lipinski definition) is 12. The van der Waals surface area contributed by atoms with E-state index in [1.165, 1.54) is 0 Å². The van der Waals surface area contributed by atoms with Crippen molar-refractivity contribution in [3.63, 3.8) is 0 Å². The molecule has 6 nitrogen and oxygen atoms in total. The summed E-state index contributed by atoms with van der Waals surface area (Å²) in [5.74, 6) is 0. The van der Waals surface area contributed by atoms with Crippen LogP contribution >= 0.6 is 36.7 Å². The molecule has 0 saturated heterocycles. The van der Waals surface area contributed by atoms with Crippen molar-refractivity contribution in [3.05, 3.63) is 0 Å². The van der Waals surface area contributed by atoms with Gasteiger partial charge in [0.25, 0.3) is 0 Å². The molecule has 0 saturated carbocycles. The van der Waals surface area contributed by atoms with Gasteiger partial charge in [-0.2, -0.15) is 0 Å². The van der Waals surface area contributed by atoms with Crippen LogP contribution in [0.15, 0.2) is 0 Å². The average molecular weight is 507 g/mol. The van der Waals surface area contributed by atoms with Crippen molar-refractivity contribution in [2.45, 2.75) is 0 Å². The van der Waals surface area contributed by atoms with Crippen LogP contribution in [0.3, 0.4) is 0 Å². The van der Waals surface area contributed by atoms with Crippen molar-refractivity contribution in [1.29, 1.82) is 0 Å². The molecule has 25 heavy (non-hydrogen) atoms. The van der Waals surface area contributed by atoms with Gasteiger partial charge in [-0.15, -0.1) is 0 Å². The molecule has 0 aliphatic carbocycles. The Kier molecular flexibility index (Phi) is 30.4. The molecule has 0 aliphatic heterocycles. The van der Waals surface area contributed by atoms with Gasteiger partial charge in [0.15, 0.2) is 0 Å². The molecule has 0 aromatic heterocycles. The van der Waals surface area contributed by atoms with Gasteiger partial charge in [0, 0.05) is 13.1 Å². The average Bonchev–Trinajstić information content (AvgIpc) is 2.42. The van der Waals surface area contributed by atoms with Gasteiger partial charge in [-0.1, -0.05) is 0 Å². The zero-order valence-electron chi connectivity index (χ0n) is 15.0. The van der Waals surface area contributed by atoms with Crippen LogP contribution in [-0.4, -0.2) is 90.3 Å². The number of thiocarbonyl (C=S) groups is 3. The summed E-state index contributed by atoms with van der Waals surface area (Å²) in [6, 6.07) is 0. The molecule has 0 rings (SSSR count). The minimum absolute atomic E-state index is 0. The fraction of sp³-hybridized carbons (Fsp3) is 0.750. The molecule has 0 fully saturated rings. The van der Waals surface area contributed by atoms with Gasteiger partial charge < -0.3 is 88.8 Å². The number of hydrogen-bond donors (Lipinski definition) is 0. The maximum atomic E-state index is 4.78. The molecule has 13 heteroatoms. The molecule has 0 aliphatic rings. The Hall–Kier alpha value is 0.729. The maximum absolute atomic E-state index is 4.78. The predicted octanol–water partition coefficient (Wildman–Crippen LogP) is 1.06. The van der Waals surface area contributed by atoms with E-state index in [2.05, 4.69) is 74.5 Å². The van der Waals surface area contributed by atoms with Crippen LogP contribution < -0.4 is 0 Å². The fourth-order valence-corrected chi connectivity index (χ4v) is 0.862. The zero-order valence-corrected chi connectivity index (χ0v) is 21.0. The Morgan fingerprint density at radius 1 is 0.600 bits per heavy atom. The SMILES string of the molecule is CN(C)COC(=S)[S-].CN(C)COC(=S)[S-].CN(C)COC(=S)[S-].[Fe+3]. The molecule has 0 atom stereocenters. The summed E-state index contributed by atoms with van der Waals surface area (Å²) in [5, 5.41) is 0. The third-order valence-electron chi connectivity index (χ3n) is 1.32. The van der Waals surface area contributed by atoms with E-state index in [4.69, 9.17) is 14.2 Å². The number of ether oxygens (including phenoxy) is 3. The minimum atomic E-state index is 0. The fourth-order valence-electron chi connectivity index (χ4n) is 0.545. The van der Waals surface area contributed by atoms with Crippen molar-refractivity contribution in [2.24, 2.45) is 0 Å². The van der Waals surface area contributed by atoms with Crippen molar-refractivity contribution < 1.29 is 31.3 Å². The maximum Gasteiger partial charge on any atom is 3.00 e. The Morgan fingerprint density at radius 3 is 0.800 bits per heavy atom. The van der Waals surface area contributed by atoms with Crippen molar-refractivity contribution in [3.8, 4) is 0 Å². The van der Waals surface area contributed by atoms with E-state index in [1.807, 2.05) is 57.0 Å². The molecule has 0 N–H and O–H groups in total. The largest absolute Gasteiger partial charge is 3.00 e. The van der Waals surface area contributed by atoms with Crippen LogP contribution in [-0.2, 0) is 69.2 Å². The van der Waals surface area contributed by atoms with Gasteiger partial charge in [0.1, 0.15) is 20.2 Å². The summed E-state index contributed by atoms with van der Waals surface area (Å²) >= 11 is 26.9. The molecule has 0 amide bonds. The summed E-state index contributed by atoms with van der Waals surface area (Å²) < 4.78 is 14.9. The van der Waals surface area contributed by atoms with E-state index >= 15 is 0 Å². The Balaban J connectivity index is -0.000000130. The van der Waals surface area contributed by atoms with E-state index in [0.717, 1.165) is 0 Å². The Morgan fingerprint density at radius 2 is 0.760 bits per heavy atom. The monoisotopic (exact) mass is 506 g/mol. The second kappa shape index (κ2) is 22.8. The second-order valence-corrected chi connectivity index (χ2v) is 7.81. The first-order valence-electron chi connectivity index (χ1n) is 6.34. The van der Waals surface area contributed by atoms with Gasteiger partial charge in [-0.05, 0) is 42.3 Å². The van der Waals surface area contributed by atoms with Crippen LogP contribution in [0.1, 0.15) is 0 Å². The normalized spacial score (nSPS) is 9.00. The first-order chi connectivity index (χ1) is 10.9. The van der Waals surface area contributed by atoms with Crippen LogP contribution in [0.4, 0.5) is 0 Å². The molecule has 0 bridgehead atoms. The van der Waals surface area contributed by atoms with Crippen molar-refractivity contribution >= 4 is 87.7 Å². The minimum Gasteiger partial charge on any atom is -0.498 e. The molecule has 0 spiro atoms. The topological polar surface area (TPSA) is 37.4 Å². The van der Waals surface area contributed by atoms with Gasteiger partial charge in [-0.3, -0.25) is 14.7 Å². The standard InChI is InChI=1S/3C4H9NOS2.Fe/c3*1-5(2)3-6-4(7)8;/h3*3H2,1-2H3,(H,7,8);/q;;;+3/p-3. The van der Waals surface area contributed by atoms with Crippen LogP contribution in [0.25, 0.3) is 0 Å². The van der Waals surface area contributed by atoms with E-state index < -0.39 is 0 Å². The van der Waals surface area contributed by atoms with E-state index in [-0.39, 0.29) is 30.2 Å². The smallest absolute Gasteiger partial charge is 0.498 e. The van der Waals surface area contributed by atoms with E-state index in [9.17, 15) is 0 Å². The van der Waals surface area contributed by atoms with Crippen LogP contribution in [0.2, 0.25) is 0 Å². The second-order valence-electron chi connectivity index (χ2n) is 4.81. The molecule has 149 valence electrons. The third kappa shape index (κ3) is 51.6. The molecule has 0 unspecified atom stereocenters. The summed E-state index contributed by atoms with van der Waals surface area (Å²) in [7, 11) is 11.3. The molecule has 0 aromatic rings. The molecule has 1 radical (unpaired) electrons. The predicted molar refractivity (Wildman–Crippen MR) is 119 cm³/mol. The summed E-state index contributed by atoms with van der Waals surface area (Å²) in [5.41, 5.74) is 0. The van der Waals surface area contributed by atoms with Crippen LogP contribution in [0, 0.1) is 0 Å². The summed E-state index contributed by atoms with van der Waals surface area (Å²) in [6.45, 7) is 1.42. The van der Waals surface area contributed by atoms with Gasteiger partial charge in [0.2, 0.25) is 0 Å². The van der Waals surface area contributed by atoms with Gasteiger partial charge in [-0.25, -0.2) is 0 Å². The van der Waals surface area contributed by atoms with Gasteiger partial charge >= 0.3 is 17.1 Å². The van der Waals surface area contributed by atoms with Crippen molar-refractivity contribution in [1.82, 2.24) is 14.7 Å². The van der Waals surface area contributed by atoms with Crippen molar-refractivity contribution in [2.75, 3.05) is 62.5 Å².